The van der Waals surface area contributed by atoms with Crippen molar-refractivity contribution in [1.29, 1.82) is 0 Å². The molecule has 1 aliphatic heterocycles. The van der Waals surface area contributed by atoms with Crippen molar-refractivity contribution in [2.24, 2.45) is 0 Å². The van der Waals surface area contributed by atoms with E-state index in [0.717, 1.165) is 32.7 Å². The maximum atomic E-state index is 11.3. The number of nitrogens with zero attached hydrogens (tertiary/aromatic N) is 1. The molecule has 2 atom stereocenters. The standard InChI is InChI=1S/C12H26N2O3S/c1-4-6-13-11(5-9-18(3,15)16)12-10-14(2)7-8-17-12/h11-13H,4-10H2,1-3H3. The third-order valence-corrected chi connectivity index (χ3v) is 4.18. The zero-order valence-corrected chi connectivity index (χ0v) is 12.5. The van der Waals surface area contributed by atoms with E-state index in [2.05, 4.69) is 24.2 Å². The average Bonchev–Trinajstić information content (AvgIpc) is 2.28. The van der Waals surface area contributed by atoms with Crippen LogP contribution in [0.4, 0.5) is 0 Å². The highest BCUT2D eigenvalue weighted by Gasteiger charge is 2.26. The Bertz CT molecular complexity index is 332. The van der Waals surface area contributed by atoms with Crippen molar-refractivity contribution < 1.29 is 13.2 Å². The van der Waals surface area contributed by atoms with Crippen LogP contribution in [0.3, 0.4) is 0 Å². The minimum Gasteiger partial charge on any atom is -0.374 e. The summed E-state index contributed by atoms with van der Waals surface area (Å²) >= 11 is 0. The molecule has 1 rings (SSSR count). The molecule has 0 aromatic carbocycles. The van der Waals surface area contributed by atoms with Gasteiger partial charge in [0.25, 0.3) is 0 Å². The Balaban J connectivity index is 2.53. The second-order valence-electron chi connectivity index (χ2n) is 5.15. The Labute approximate surface area is 111 Å². The van der Waals surface area contributed by atoms with Crippen LogP contribution < -0.4 is 5.32 Å². The molecular weight excluding hydrogens is 252 g/mol. The summed E-state index contributed by atoms with van der Waals surface area (Å²) in [6.45, 7) is 5.55. The zero-order chi connectivity index (χ0) is 13.6. The van der Waals surface area contributed by atoms with Crippen molar-refractivity contribution in [3.63, 3.8) is 0 Å². The lowest BCUT2D eigenvalue weighted by Gasteiger charge is -2.35. The first-order valence-electron chi connectivity index (χ1n) is 6.63. The molecule has 1 fully saturated rings. The Kier molecular flexibility index (Phi) is 6.55. The van der Waals surface area contributed by atoms with Gasteiger partial charge in [-0.15, -0.1) is 0 Å². The van der Waals surface area contributed by atoms with Gasteiger partial charge in [-0.25, -0.2) is 8.42 Å². The molecule has 1 N–H and O–H groups in total. The van der Waals surface area contributed by atoms with E-state index in [1.54, 1.807) is 0 Å². The Morgan fingerprint density at radius 2 is 2.22 bits per heavy atom. The van der Waals surface area contributed by atoms with Gasteiger partial charge in [-0.2, -0.15) is 0 Å². The van der Waals surface area contributed by atoms with Crippen LogP contribution in [0.1, 0.15) is 19.8 Å². The lowest BCUT2D eigenvalue weighted by atomic mass is 10.1. The molecule has 108 valence electrons. The average molecular weight is 278 g/mol. The highest BCUT2D eigenvalue weighted by atomic mass is 32.2. The van der Waals surface area contributed by atoms with E-state index < -0.39 is 9.84 Å². The number of hydrogen-bond donors (Lipinski definition) is 1. The minimum atomic E-state index is -2.91. The van der Waals surface area contributed by atoms with Gasteiger partial charge in [-0.05, 0) is 26.4 Å². The number of rotatable bonds is 7. The number of morpholine rings is 1. The molecule has 1 aliphatic rings. The van der Waals surface area contributed by atoms with Gasteiger partial charge in [0.2, 0.25) is 0 Å². The van der Waals surface area contributed by atoms with Gasteiger partial charge < -0.3 is 15.0 Å². The molecule has 2 unspecified atom stereocenters. The molecule has 0 radical (unpaired) electrons. The largest absolute Gasteiger partial charge is 0.374 e. The van der Waals surface area contributed by atoms with Crippen LogP contribution in [-0.2, 0) is 14.6 Å². The molecule has 5 nitrogen and oxygen atoms in total. The van der Waals surface area contributed by atoms with Crippen LogP contribution in [0, 0.1) is 0 Å². The molecule has 0 aromatic rings. The summed E-state index contributed by atoms with van der Waals surface area (Å²) in [5.74, 6) is 0.220. The van der Waals surface area contributed by atoms with Gasteiger partial charge in [0.15, 0.2) is 0 Å². The fraction of sp³-hybridized carbons (Fsp3) is 1.00. The number of hydrogen-bond acceptors (Lipinski definition) is 5. The zero-order valence-electron chi connectivity index (χ0n) is 11.7. The van der Waals surface area contributed by atoms with E-state index in [9.17, 15) is 8.42 Å². The second-order valence-corrected chi connectivity index (χ2v) is 7.41. The molecule has 0 spiro atoms. The molecular formula is C12H26N2O3S. The first-order valence-corrected chi connectivity index (χ1v) is 8.69. The van der Waals surface area contributed by atoms with E-state index in [1.165, 1.54) is 6.26 Å². The molecule has 0 aliphatic carbocycles. The van der Waals surface area contributed by atoms with Gasteiger partial charge in [-0.1, -0.05) is 6.92 Å². The van der Waals surface area contributed by atoms with Crippen LogP contribution in [-0.4, -0.2) is 70.8 Å². The lowest BCUT2D eigenvalue weighted by Crippen LogP contribution is -2.51. The summed E-state index contributed by atoms with van der Waals surface area (Å²) in [5.41, 5.74) is 0. The molecule has 0 saturated carbocycles. The molecule has 1 heterocycles. The smallest absolute Gasteiger partial charge is 0.147 e. The molecule has 0 amide bonds. The van der Waals surface area contributed by atoms with Gasteiger partial charge >= 0.3 is 0 Å². The Morgan fingerprint density at radius 1 is 1.50 bits per heavy atom. The number of nitrogens with one attached hydrogen (secondary N) is 1. The third kappa shape index (κ3) is 6.13. The van der Waals surface area contributed by atoms with Crippen LogP contribution in [0.2, 0.25) is 0 Å². The number of likely N-dealkylation sites (N-methyl/N-ethyl adjacent to an activating group) is 1. The predicted molar refractivity (Wildman–Crippen MR) is 73.6 cm³/mol. The van der Waals surface area contributed by atoms with E-state index in [-0.39, 0.29) is 17.9 Å². The van der Waals surface area contributed by atoms with Crippen molar-refractivity contribution in [3.8, 4) is 0 Å². The fourth-order valence-electron chi connectivity index (χ4n) is 2.14. The van der Waals surface area contributed by atoms with Crippen LogP contribution >= 0.6 is 0 Å². The van der Waals surface area contributed by atoms with E-state index >= 15 is 0 Å². The van der Waals surface area contributed by atoms with Crippen molar-refractivity contribution in [2.75, 3.05) is 45.3 Å². The number of ether oxygens (including phenoxy) is 1. The highest BCUT2D eigenvalue weighted by molar-refractivity contribution is 7.90. The van der Waals surface area contributed by atoms with Gasteiger partial charge in [0.05, 0.1) is 18.5 Å². The molecule has 6 heteroatoms. The molecule has 0 bridgehead atoms. The Morgan fingerprint density at radius 3 is 2.78 bits per heavy atom. The van der Waals surface area contributed by atoms with Crippen LogP contribution in [0.25, 0.3) is 0 Å². The summed E-state index contributed by atoms with van der Waals surface area (Å²) < 4.78 is 28.3. The maximum Gasteiger partial charge on any atom is 0.147 e. The van der Waals surface area contributed by atoms with E-state index in [1.807, 2.05) is 0 Å². The molecule has 18 heavy (non-hydrogen) atoms. The summed E-state index contributed by atoms with van der Waals surface area (Å²) in [7, 11) is -0.833. The minimum absolute atomic E-state index is 0.0945. The second kappa shape index (κ2) is 7.43. The first kappa shape index (κ1) is 15.9. The van der Waals surface area contributed by atoms with Crippen molar-refractivity contribution in [3.05, 3.63) is 0 Å². The van der Waals surface area contributed by atoms with Crippen LogP contribution in [0.5, 0.6) is 0 Å². The highest BCUT2D eigenvalue weighted by Crippen LogP contribution is 2.11. The molecule has 0 aromatic heterocycles. The summed E-state index contributed by atoms with van der Waals surface area (Å²) in [6.07, 6.45) is 3.05. The maximum absolute atomic E-state index is 11.3. The van der Waals surface area contributed by atoms with Gasteiger partial charge in [-0.3, -0.25) is 0 Å². The van der Waals surface area contributed by atoms with Crippen molar-refractivity contribution >= 4 is 9.84 Å². The first-order chi connectivity index (χ1) is 8.42. The fourth-order valence-corrected chi connectivity index (χ4v) is 2.83. The molecule has 1 saturated heterocycles. The van der Waals surface area contributed by atoms with Crippen molar-refractivity contribution in [1.82, 2.24) is 10.2 Å². The predicted octanol–water partition coefficient (Wildman–Crippen LogP) is 0.120. The third-order valence-electron chi connectivity index (χ3n) is 3.20. The monoisotopic (exact) mass is 278 g/mol. The number of sulfone groups is 1. The Hall–Kier alpha value is -0.170. The summed E-state index contributed by atoms with van der Waals surface area (Å²) in [5, 5.41) is 3.42. The summed E-state index contributed by atoms with van der Waals surface area (Å²) in [4.78, 5) is 2.23. The van der Waals surface area contributed by atoms with E-state index in [0.29, 0.717) is 6.42 Å². The van der Waals surface area contributed by atoms with Gasteiger partial charge in [0, 0.05) is 25.4 Å². The SMILES string of the molecule is CCCNC(CCS(C)(=O)=O)C1CN(C)CCO1. The summed E-state index contributed by atoms with van der Waals surface area (Å²) in [6, 6.07) is 0.127. The van der Waals surface area contributed by atoms with Crippen LogP contribution in [0.15, 0.2) is 0 Å². The quantitative estimate of drug-likeness (QED) is 0.717. The van der Waals surface area contributed by atoms with E-state index in [4.69, 9.17) is 4.74 Å². The lowest BCUT2D eigenvalue weighted by molar-refractivity contribution is -0.0389. The topological polar surface area (TPSA) is 58.6 Å². The van der Waals surface area contributed by atoms with Crippen molar-refractivity contribution in [2.45, 2.75) is 31.9 Å². The van der Waals surface area contributed by atoms with Gasteiger partial charge in [0.1, 0.15) is 9.84 Å². The normalized spacial score (nSPS) is 24.1.